The molecule has 7 heteroatoms. The maximum Gasteiger partial charge on any atom is 0.255 e. The number of carbonyl (C=O) groups is 1. The summed E-state index contributed by atoms with van der Waals surface area (Å²) >= 11 is 0. The number of piperidine rings is 1. The lowest BCUT2D eigenvalue weighted by atomic mass is 10.0. The van der Waals surface area contributed by atoms with Crippen LogP contribution in [0.3, 0.4) is 0 Å². The van der Waals surface area contributed by atoms with Gasteiger partial charge in [0, 0.05) is 44.1 Å². The average Bonchev–Trinajstić information content (AvgIpc) is 3.23. The van der Waals surface area contributed by atoms with E-state index >= 15 is 0 Å². The van der Waals surface area contributed by atoms with Crippen LogP contribution in [0.4, 0.5) is 0 Å². The molecule has 1 fully saturated rings. The van der Waals surface area contributed by atoms with Gasteiger partial charge in [-0.2, -0.15) is 5.10 Å². The second-order valence-electron chi connectivity index (χ2n) is 6.36. The summed E-state index contributed by atoms with van der Waals surface area (Å²) in [6, 6.07) is 2.20. The molecule has 0 aromatic carbocycles. The Morgan fingerprint density at radius 3 is 3.04 bits per heavy atom. The van der Waals surface area contributed by atoms with Crippen molar-refractivity contribution in [2.75, 3.05) is 13.1 Å². The summed E-state index contributed by atoms with van der Waals surface area (Å²) in [7, 11) is 1.87. The highest BCUT2D eigenvalue weighted by molar-refractivity contribution is 5.97. The van der Waals surface area contributed by atoms with Crippen LogP contribution in [0.15, 0.2) is 31.0 Å². The van der Waals surface area contributed by atoms with Gasteiger partial charge in [0.1, 0.15) is 0 Å². The molecule has 1 saturated heterocycles. The van der Waals surface area contributed by atoms with Crippen LogP contribution in [0.2, 0.25) is 0 Å². The van der Waals surface area contributed by atoms with Gasteiger partial charge in [-0.1, -0.05) is 0 Å². The summed E-state index contributed by atoms with van der Waals surface area (Å²) < 4.78 is 3.83. The number of rotatable bonds is 2. The van der Waals surface area contributed by atoms with Crippen LogP contribution in [0.1, 0.15) is 34.9 Å². The second kappa shape index (κ2) is 5.74. The fourth-order valence-corrected chi connectivity index (χ4v) is 3.48. The molecule has 3 aromatic rings. The number of carbonyl (C=O) groups excluding carboxylic acids is 1. The lowest BCUT2D eigenvalue weighted by Gasteiger charge is -2.33. The maximum absolute atomic E-state index is 12.9. The van der Waals surface area contributed by atoms with E-state index in [1.54, 1.807) is 17.1 Å². The predicted octanol–water partition coefficient (Wildman–Crippen LogP) is 1.95. The zero-order valence-corrected chi connectivity index (χ0v) is 13.9. The van der Waals surface area contributed by atoms with E-state index in [-0.39, 0.29) is 5.91 Å². The number of nitrogens with zero attached hydrogens (tertiary/aromatic N) is 6. The molecule has 4 heterocycles. The molecule has 4 rings (SSSR count). The molecule has 0 N–H and O–H groups in total. The summed E-state index contributed by atoms with van der Waals surface area (Å²) in [5, 5.41) is 5.30. The Kier molecular flexibility index (Phi) is 3.55. The molecule has 7 nitrogen and oxygen atoms in total. The van der Waals surface area contributed by atoms with E-state index in [0.717, 1.165) is 36.1 Å². The number of aryl methyl sites for hydroxylation is 2. The van der Waals surface area contributed by atoms with E-state index in [2.05, 4.69) is 19.6 Å². The average molecular weight is 324 g/mol. The minimum Gasteiger partial charge on any atom is -0.337 e. The van der Waals surface area contributed by atoms with Gasteiger partial charge in [0.2, 0.25) is 0 Å². The number of amides is 1. The summed E-state index contributed by atoms with van der Waals surface area (Å²) in [5.41, 5.74) is 2.33. The van der Waals surface area contributed by atoms with Crippen molar-refractivity contribution < 1.29 is 4.79 Å². The summed E-state index contributed by atoms with van der Waals surface area (Å²) in [4.78, 5) is 23.4. The van der Waals surface area contributed by atoms with Crippen molar-refractivity contribution >= 4 is 16.9 Å². The van der Waals surface area contributed by atoms with Crippen molar-refractivity contribution in [3.8, 4) is 0 Å². The lowest BCUT2D eigenvalue weighted by Crippen LogP contribution is -2.40. The van der Waals surface area contributed by atoms with E-state index in [4.69, 9.17) is 0 Å². The van der Waals surface area contributed by atoms with Crippen molar-refractivity contribution in [3.05, 3.63) is 42.2 Å². The van der Waals surface area contributed by atoms with E-state index < -0.39 is 0 Å². The quantitative estimate of drug-likeness (QED) is 0.722. The molecular weight excluding hydrogens is 304 g/mol. The number of imidazole rings is 1. The third-order valence-electron chi connectivity index (χ3n) is 4.74. The summed E-state index contributed by atoms with van der Waals surface area (Å²) in [6.45, 7) is 3.43. The lowest BCUT2D eigenvalue weighted by molar-refractivity contribution is 0.0679. The highest BCUT2D eigenvalue weighted by atomic mass is 16.2. The SMILES string of the molecule is Cc1nn(C)c2ncc(C(=O)N3CCC[C@@H](n4ccnc4)C3)cc12. The number of hydrogen-bond acceptors (Lipinski definition) is 4. The molecule has 1 atom stereocenters. The first-order valence-electron chi connectivity index (χ1n) is 8.19. The Morgan fingerprint density at radius 1 is 1.38 bits per heavy atom. The van der Waals surface area contributed by atoms with Crippen LogP contribution >= 0.6 is 0 Å². The van der Waals surface area contributed by atoms with Crippen molar-refractivity contribution in [1.82, 2.24) is 29.2 Å². The maximum atomic E-state index is 12.9. The zero-order chi connectivity index (χ0) is 16.7. The second-order valence-corrected chi connectivity index (χ2v) is 6.36. The largest absolute Gasteiger partial charge is 0.337 e. The van der Waals surface area contributed by atoms with Gasteiger partial charge in [-0.05, 0) is 25.8 Å². The van der Waals surface area contributed by atoms with E-state index in [1.807, 2.05) is 37.5 Å². The van der Waals surface area contributed by atoms with Crippen LogP contribution in [-0.4, -0.2) is 48.2 Å². The Labute approximate surface area is 139 Å². The van der Waals surface area contributed by atoms with Gasteiger partial charge in [0.15, 0.2) is 5.65 Å². The molecule has 0 saturated carbocycles. The van der Waals surface area contributed by atoms with Crippen molar-refractivity contribution in [2.24, 2.45) is 7.05 Å². The highest BCUT2D eigenvalue weighted by Gasteiger charge is 2.26. The van der Waals surface area contributed by atoms with Crippen LogP contribution in [0, 0.1) is 6.92 Å². The zero-order valence-electron chi connectivity index (χ0n) is 13.9. The van der Waals surface area contributed by atoms with Gasteiger partial charge in [-0.25, -0.2) is 9.97 Å². The van der Waals surface area contributed by atoms with Gasteiger partial charge in [0.05, 0.1) is 23.6 Å². The number of hydrogen-bond donors (Lipinski definition) is 0. The van der Waals surface area contributed by atoms with E-state index in [1.165, 1.54) is 0 Å². The molecule has 0 unspecified atom stereocenters. The van der Waals surface area contributed by atoms with Crippen LogP contribution in [0.25, 0.3) is 11.0 Å². The number of likely N-dealkylation sites (tertiary alicyclic amines) is 1. The molecule has 0 bridgehead atoms. The molecule has 3 aromatic heterocycles. The minimum absolute atomic E-state index is 0.0393. The molecule has 24 heavy (non-hydrogen) atoms. The molecule has 1 aliphatic rings. The third-order valence-corrected chi connectivity index (χ3v) is 4.74. The molecule has 0 radical (unpaired) electrons. The molecule has 0 spiro atoms. The summed E-state index contributed by atoms with van der Waals surface area (Å²) in [6.07, 6.45) is 9.29. The Hall–Kier alpha value is -2.70. The van der Waals surface area contributed by atoms with Crippen molar-refractivity contribution in [2.45, 2.75) is 25.8 Å². The number of aromatic nitrogens is 5. The standard InChI is InChI=1S/C17H20N6O/c1-12-15-8-13(9-19-16(15)21(2)20-12)17(24)22-6-3-4-14(10-22)23-7-5-18-11-23/h5,7-9,11,14H,3-4,6,10H2,1-2H3/t14-/m1/s1. The molecule has 1 amide bonds. The first-order chi connectivity index (χ1) is 11.6. The molecular formula is C17H20N6O. The van der Waals surface area contributed by atoms with Crippen LogP contribution < -0.4 is 0 Å². The van der Waals surface area contributed by atoms with Gasteiger partial charge >= 0.3 is 0 Å². The van der Waals surface area contributed by atoms with Crippen LogP contribution in [0.5, 0.6) is 0 Å². The fraction of sp³-hybridized carbons (Fsp3) is 0.412. The monoisotopic (exact) mass is 324 g/mol. The van der Waals surface area contributed by atoms with Gasteiger partial charge in [0.25, 0.3) is 5.91 Å². The first-order valence-corrected chi connectivity index (χ1v) is 8.19. The first kappa shape index (κ1) is 14.9. The van der Waals surface area contributed by atoms with Gasteiger partial charge in [-0.3, -0.25) is 9.48 Å². The fourth-order valence-electron chi connectivity index (χ4n) is 3.48. The van der Waals surface area contributed by atoms with E-state index in [9.17, 15) is 4.79 Å². The Bertz CT molecular complexity index is 882. The number of fused-ring (bicyclic) bond motifs is 1. The predicted molar refractivity (Wildman–Crippen MR) is 89.6 cm³/mol. The Morgan fingerprint density at radius 2 is 2.25 bits per heavy atom. The molecule has 124 valence electrons. The molecule has 0 aliphatic carbocycles. The highest BCUT2D eigenvalue weighted by Crippen LogP contribution is 2.24. The van der Waals surface area contributed by atoms with Crippen molar-refractivity contribution in [1.29, 1.82) is 0 Å². The van der Waals surface area contributed by atoms with Gasteiger partial charge < -0.3 is 9.47 Å². The topological polar surface area (TPSA) is 68.8 Å². The number of pyridine rings is 1. The van der Waals surface area contributed by atoms with E-state index in [0.29, 0.717) is 18.2 Å². The third kappa shape index (κ3) is 2.46. The Balaban J connectivity index is 1.60. The van der Waals surface area contributed by atoms with Crippen molar-refractivity contribution in [3.63, 3.8) is 0 Å². The smallest absolute Gasteiger partial charge is 0.255 e. The minimum atomic E-state index is 0.0393. The summed E-state index contributed by atoms with van der Waals surface area (Å²) in [5.74, 6) is 0.0393. The van der Waals surface area contributed by atoms with Crippen LogP contribution in [-0.2, 0) is 7.05 Å². The van der Waals surface area contributed by atoms with Gasteiger partial charge in [-0.15, -0.1) is 0 Å². The molecule has 1 aliphatic heterocycles. The normalized spacial score (nSPS) is 18.2.